The average molecular weight is 265 g/mol. The Morgan fingerprint density at radius 2 is 1.42 bits per heavy atom. The summed E-state index contributed by atoms with van der Waals surface area (Å²) in [4.78, 5) is 31.0. The number of hydrogen-bond acceptors (Lipinski definition) is 4. The van der Waals surface area contributed by atoms with E-state index in [0.717, 1.165) is 11.3 Å². The summed E-state index contributed by atoms with van der Waals surface area (Å²) in [5, 5.41) is 0. The Hall–Kier alpha value is -1.46. The SMILES string of the molecule is Cc1[nH]c(C(=O)CN(C)C)c(C)c1C(=O)CN(C)C. The van der Waals surface area contributed by atoms with E-state index in [1.807, 2.05) is 51.8 Å². The molecule has 1 aromatic heterocycles. The summed E-state index contributed by atoms with van der Waals surface area (Å²) in [7, 11) is 7.41. The third kappa shape index (κ3) is 3.75. The molecule has 5 nitrogen and oxygen atoms in total. The molecule has 1 aromatic rings. The van der Waals surface area contributed by atoms with Gasteiger partial charge in [-0.3, -0.25) is 9.59 Å². The van der Waals surface area contributed by atoms with Crippen molar-refractivity contribution < 1.29 is 9.59 Å². The smallest absolute Gasteiger partial charge is 0.193 e. The van der Waals surface area contributed by atoms with Crippen molar-refractivity contribution >= 4 is 11.6 Å². The van der Waals surface area contributed by atoms with Gasteiger partial charge in [0.25, 0.3) is 0 Å². The van der Waals surface area contributed by atoms with E-state index in [1.54, 1.807) is 0 Å². The Kier molecular flexibility index (Phi) is 5.03. The van der Waals surface area contributed by atoms with Gasteiger partial charge in [0.2, 0.25) is 0 Å². The maximum absolute atomic E-state index is 12.2. The first-order chi connectivity index (χ1) is 8.73. The van der Waals surface area contributed by atoms with Gasteiger partial charge in [-0.05, 0) is 47.6 Å². The highest BCUT2D eigenvalue weighted by Gasteiger charge is 2.22. The van der Waals surface area contributed by atoms with Gasteiger partial charge in [0.15, 0.2) is 11.6 Å². The van der Waals surface area contributed by atoms with Crippen molar-refractivity contribution in [2.45, 2.75) is 13.8 Å². The predicted octanol–water partition coefficient (Wildman–Crippen LogP) is 1.12. The number of nitrogens with one attached hydrogen (secondary N) is 1. The fourth-order valence-electron chi connectivity index (χ4n) is 2.18. The quantitative estimate of drug-likeness (QED) is 0.783. The molecule has 0 radical (unpaired) electrons. The molecule has 0 spiro atoms. The van der Waals surface area contributed by atoms with Crippen molar-refractivity contribution in [3.63, 3.8) is 0 Å². The second-order valence-corrected chi connectivity index (χ2v) is 5.45. The number of H-pyrrole nitrogens is 1. The highest BCUT2D eigenvalue weighted by molar-refractivity contribution is 6.05. The number of hydrogen-bond donors (Lipinski definition) is 1. The van der Waals surface area contributed by atoms with Crippen LogP contribution in [0.25, 0.3) is 0 Å². The fourth-order valence-corrected chi connectivity index (χ4v) is 2.18. The summed E-state index contributed by atoms with van der Waals surface area (Å²) in [5.74, 6) is 0.0506. The van der Waals surface area contributed by atoms with E-state index in [2.05, 4.69) is 4.98 Å². The molecule has 0 aliphatic carbocycles. The summed E-state index contributed by atoms with van der Waals surface area (Å²) >= 11 is 0. The number of aryl methyl sites for hydroxylation is 1. The molecule has 0 aromatic carbocycles. The van der Waals surface area contributed by atoms with Crippen LogP contribution in [0.3, 0.4) is 0 Å². The molecule has 0 atom stereocenters. The second kappa shape index (κ2) is 6.12. The number of aromatic amines is 1. The lowest BCUT2D eigenvalue weighted by Crippen LogP contribution is -2.23. The zero-order valence-electron chi connectivity index (χ0n) is 12.6. The van der Waals surface area contributed by atoms with Crippen LogP contribution in [0.1, 0.15) is 32.1 Å². The zero-order valence-corrected chi connectivity index (χ0v) is 12.6. The molecule has 1 rings (SSSR count). The van der Waals surface area contributed by atoms with Crippen LogP contribution in [0.4, 0.5) is 0 Å². The van der Waals surface area contributed by atoms with Crippen molar-refractivity contribution in [1.29, 1.82) is 0 Å². The van der Waals surface area contributed by atoms with Crippen molar-refractivity contribution in [1.82, 2.24) is 14.8 Å². The van der Waals surface area contributed by atoms with E-state index in [9.17, 15) is 9.59 Å². The molecule has 0 saturated carbocycles. The van der Waals surface area contributed by atoms with Crippen molar-refractivity contribution in [2.24, 2.45) is 0 Å². The molecular weight excluding hydrogens is 242 g/mol. The minimum atomic E-state index is 0.00880. The van der Waals surface area contributed by atoms with Crippen LogP contribution in [-0.4, -0.2) is 67.6 Å². The largest absolute Gasteiger partial charge is 0.355 e. The van der Waals surface area contributed by atoms with Gasteiger partial charge in [0, 0.05) is 11.3 Å². The topological polar surface area (TPSA) is 56.4 Å². The van der Waals surface area contributed by atoms with Gasteiger partial charge in [0.1, 0.15) is 0 Å². The summed E-state index contributed by atoms with van der Waals surface area (Å²) in [6.45, 7) is 4.35. The highest BCUT2D eigenvalue weighted by atomic mass is 16.1. The van der Waals surface area contributed by atoms with E-state index in [0.29, 0.717) is 24.3 Å². The van der Waals surface area contributed by atoms with Crippen LogP contribution in [0.2, 0.25) is 0 Å². The first-order valence-electron chi connectivity index (χ1n) is 6.29. The van der Waals surface area contributed by atoms with E-state index in [1.165, 1.54) is 0 Å². The van der Waals surface area contributed by atoms with E-state index in [-0.39, 0.29) is 11.6 Å². The van der Waals surface area contributed by atoms with Crippen molar-refractivity contribution in [2.75, 3.05) is 41.3 Å². The van der Waals surface area contributed by atoms with Crippen LogP contribution in [0.5, 0.6) is 0 Å². The maximum Gasteiger partial charge on any atom is 0.193 e. The van der Waals surface area contributed by atoms with E-state index in [4.69, 9.17) is 0 Å². The molecule has 1 heterocycles. The molecular formula is C14H23N3O2. The Bertz CT molecular complexity index is 487. The molecule has 106 valence electrons. The second-order valence-electron chi connectivity index (χ2n) is 5.45. The molecule has 0 amide bonds. The van der Waals surface area contributed by atoms with E-state index >= 15 is 0 Å². The number of rotatable bonds is 6. The fraction of sp³-hybridized carbons (Fsp3) is 0.571. The lowest BCUT2D eigenvalue weighted by Gasteiger charge is -2.09. The summed E-state index contributed by atoms with van der Waals surface area (Å²) in [6.07, 6.45) is 0. The monoisotopic (exact) mass is 265 g/mol. The molecule has 0 aliphatic rings. The summed E-state index contributed by atoms with van der Waals surface area (Å²) in [6, 6.07) is 0. The molecule has 0 fully saturated rings. The minimum Gasteiger partial charge on any atom is -0.355 e. The maximum atomic E-state index is 12.2. The van der Waals surface area contributed by atoms with E-state index < -0.39 is 0 Å². The molecule has 5 heteroatoms. The van der Waals surface area contributed by atoms with Gasteiger partial charge in [-0.15, -0.1) is 0 Å². The first kappa shape index (κ1) is 15.6. The number of likely N-dealkylation sites (N-methyl/N-ethyl adjacent to an activating group) is 2. The van der Waals surface area contributed by atoms with Gasteiger partial charge >= 0.3 is 0 Å². The Morgan fingerprint density at radius 1 is 0.947 bits per heavy atom. The molecule has 1 N–H and O–H groups in total. The number of carbonyl (C=O) groups is 2. The van der Waals surface area contributed by atoms with Gasteiger partial charge in [-0.25, -0.2) is 0 Å². The third-order valence-corrected chi connectivity index (χ3v) is 2.91. The first-order valence-corrected chi connectivity index (χ1v) is 6.29. The summed E-state index contributed by atoms with van der Waals surface area (Å²) in [5.41, 5.74) is 2.73. The van der Waals surface area contributed by atoms with Crippen LogP contribution < -0.4 is 0 Å². The average Bonchev–Trinajstić information content (AvgIpc) is 2.52. The number of carbonyl (C=O) groups excluding carboxylic acids is 2. The van der Waals surface area contributed by atoms with Gasteiger partial charge < -0.3 is 14.8 Å². The molecule has 19 heavy (non-hydrogen) atoms. The Labute approximate surface area is 114 Å². The lowest BCUT2D eigenvalue weighted by molar-refractivity contribution is 0.0950. The number of Topliss-reactive ketones (excluding diaryl/α,β-unsaturated/α-hetero) is 2. The predicted molar refractivity (Wildman–Crippen MR) is 76.0 cm³/mol. The molecule has 0 aliphatic heterocycles. The number of nitrogens with zero attached hydrogens (tertiary/aromatic N) is 2. The van der Waals surface area contributed by atoms with Crippen molar-refractivity contribution in [3.05, 3.63) is 22.5 Å². The van der Waals surface area contributed by atoms with Gasteiger partial charge in [-0.2, -0.15) is 0 Å². The van der Waals surface area contributed by atoms with Crippen LogP contribution in [-0.2, 0) is 0 Å². The van der Waals surface area contributed by atoms with Gasteiger partial charge in [-0.1, -0.05) is 0 Å². The van der Waals surface area contributed by atoms with Crippen molar-refractivity contribution in [3.8, 4) is 0 Å². The third-order valence-electron chi connectivity index (χ3n) is 2.91. The Morgan fingerprint density at radius 3 is 1.89 bits per heavy atom. The Balaban J connectivity index is 3.07. The zero-order chi connectivity index (χ0) is 14.7. The van der Waals surface area contributed by atoms with Crippen LogP contribution in [0, 0.1) is 13.8 Å². The van der Waals surface area contributed by atoms with Crippen LogP contribution >= 0.6 is 0 Å². The molecule has 0 saturated heterocycles. The number of ketones is 2. The minimum absolute atomic E-state index is 0.00880. The number of aromatic nitrogens is 1. The highest BCUT2D eigenvalue weighted by Crippen LogP contribution is 2.19. The standard InChI is InChI=1S/C14H23N3O2/c1-9-13(11(18)7-16(3)4)10(2)15-14(9)12(19)8-17(5)6/h15H,7-8H2,1-6H3. The molecule has 0 unspecified atom stereocenters. The van der Waals surface area contributed by atoms with Crippen LogP contribution in [0.15, 0.2) is 0 Å². The van der Waals surface area contributed by atoms with Gasteiger partial charge in [0.05, 0.1) is 18.8 Å². The normalized spacial score (nSPS) is 11.4. The lowest BCUT2D eigenvalue weighted by atomic mass is 10.0. The molecule has 0 bridgehead atoms. The summed E-state index contributed by atoms with van der Waals surface area (Å²) < 4.78 is 0.